The number of ether oxygens (including phenoxy) is 1. The monoisotopic (exact) mass is 324 g/mol. The van der Waals surface area contributed by atoms with Crippen LogP contribution in [0.1, 0.15) is 41.5 Å². The van der Waals surface area contributed by atoms with Crippen molar-refractivity contribution in [2.45, 2.75) is 53.6 Å². The molecule has 0 spiro atoms. The molecule has 1 heterocycles. The SMILES string of the molecule is COC(=O)[C@@H]1[C@@H]2[C@H](CN1C(=O)[C@@H](NC(C)=O)C(C)(C)C)C2(C)C. The zero-order valence-corrected chi connectivity index (χ0v) is 15.1. The minimum atomic E-state index is -0.659. The second-order valence-electron chi connectivity index (χ2n) is 8.41. The molecule has 2 amide bonds. The Kier molecular flexibility index (Phi) is 4.24. The van der Waals surface area contributed by atoms with Crippen LogP contribution in [-0.4, -0.2) is 48.4 Å². The average Bonchev–Trinajstić information content (AvgIpc) is 2.80. The Morgan fingerprint density at radius 1 is 1.26 bits per heavy atom. The van der Waals surface area contributed by atoms with Gasteiger partial charge in [0.2, 0.25) is 11.8 Å². The molecule has 0 bridgehead atoms. The van der Waals surface area contributed by atoms with Crippen molar-refractivity contribution in [1.82, 2.24) is 10.2 Å². The van der Waals surface area contributed by atoms with E-state index in [0.717, 1.165) is 0 Å². The number of amides is 2. The van der Waals surface area contributed by atoms with E-state index in [1.807, 2.05) is 20.8 Å². The minimum Gasteiger partial charge on any atom is -0.467 e. The number of hydrogen-bond acceptors (Lipinski definition) is 4. The van der Waals surface area contributed by atoms with Crippen LogP contribution in [0.4, 0.5) is 0 Å². The van der Waals surface area contributed by atoms with Crippen molar-refractivity contribution in [2.75, 3.05) is 13.7 Å². The van der Waals surface area contributed by atoms with Gasteiger partial charge in [-0.25, -0.2) is 4.79 Å². The molecule has 1 aliphatic heterocycles. The molecule has 6 heteroatoms. The maximum absolute atomic E-state index is 13.0. The van der Waals surface area contributed by atoms with Gasteiger partial charge in [-0.1, -0.05) is 34.6 Å². The van der Waals surface area contributed by atoms with Crippen molar-refractivity contribution in [1.29, 1.82) is 0 Å². The number of fused-ring (bicyclic) bond motifs is 1. The number of carbonyl (C=O) groups is 3. The molecule has 1 N–H and O–H groups in total. The van der Waals surface area contributed by atoms with Crippen LogP contribution in [0.3, 0.4) is 0 Å². The van der Waals surface area contributed by atoms with Crippen molar-refractivity contribution >= 4 is 17.8 Å². The highest BCUT2D eigenvalue weighted by molar-refractivity contribution is 5.92. The molecule has 0 unspecified atom stereocenters. The summed E-state index contributed by atoms with van der Waals surface area (Å²) in [5, 5.41) is 2.74. The van der Waals surface area contributed by atoms with Crippen LogP contribution in [0, 0.1) is 22.7 Å². The first kappa shape index (κ1) is 17.8. The van der Waals surface area contributed by atoms with Gasteiger partial charge >= 0.3 is 5.97 Å². The lowest BCUT2D eigenvalue weighted by molar-refractivity contribution is -0.155. The van der Waals surface area contributed by atoms with Gasteiger partial charge in [-0.05, 0) is 16.7 Å². The molecule has 6 nitrogen and oxygen atoms in total. The van der Waals surface area contributed by atoms with Crippen molar-refractivity contribution in [3.05, 3.63) is 0 Å². The van der Waals surface area contributed by atoms with E-state index in [-0.39, 0.29) is 29.1 Å². The molecule has 23 heavy (non-hydrogen) atoms. The third-order valence-electron chi connectivity index (χ3n) is 5.39. The maximum atomic E-state index is 13.0. The Morgan fingerprint density at radius 3 is 2.26 bits per heavy atom. The van der Waals surface area contributed by atoms with Crippen molar-refractivity contribution in [3.8, 4) is 0 Å². The predicted octanol–water partition coefficient (Wildman–Crippen LogP) is 1.19. The predicted molar refractivity (Wildman–Crippen MR) is 85.3 cm³/mol. The van der Waals surface area contributed by atoms with E-state index in [1.165, 1.54) is 14.0 Å². The first-order chi connectivity index (χ1) is 10.4. The molecule has 130 valence electrons. The summed E-state index contributed by atoms with van der Waals surface area (Å²) in [4.78, 5) is 38.4. The summed E-state index contributed by atoms with van der Waals surface area (Å²) in [5.41, 5.74) is -0.382. The molecule has 2 aliphatic rings. The normalized spacial score (nSPS) is 29.5. The number of likely N-dealkylation sites (tertiary alicyclic amines) is 1. The lowest BCUT2D eigenvalue weighted by Crippen LogP contribution is -2.57. The van der Waals surface area contributed by atoms with E-state index in [0.29, 0.717) is 12.5 Å². The number of nitrogens with one attached hydrogen (secondary N) is 1. The van der Waals surface area contributed by atoms with Gasteiger partial charge in [0.1, 0.15) is 12.1 Å². The van der Waals surface area contributed by atoms with Gasteiger partial charge in [0.15, 0.2) is 0 Å². The summed E-state index contributed by atoms with van der Waals surface area (Å²) in [7, 11) is 1.35. The molecule has 0 aromatic carbocycles. The number of carbonyl (C=O) groups excluding carboxylic acids is 3. The number of esters is 1. The number of piperidine rings is 1. The Morgan fingerprint density at radius 2 is 1.83 bits per heavy atom. The zero-order chi connectivity index (χ0) is 17.7. The van der Waals surface area contributed by atoms with Gasteiger partial charge in [0, 0.05) is 19.4 Å². The van der Waals surface area contributed by atoms with E-state index in [2.05, 4.69) is 19.2 Å². The fraction of sp³-hybridized carbons (Fsp3) is 0.824. The first-order valence-electron chi connectivity index (χ1n) is 8.08. The summed E-state index contributed by atoms with van der Waals surface area (Å²) < 4.78 is 4.93. The van der Waals surface area contributed by atoms with Gasteiger partial charge < -0.3 is 15.0 Å². The van der Waals surface area contributed by atoms with Crippen LogP contribution in [-0.2, 0) is 19.1 Å². The van der Waals surface area contributed by atoms with Crippen LogP contribution >= 0.6 is 0 Å². The quantitative estimate of drug-likeness (QED) is 0.791. The van der Waals surface area contributed by atoms with Crippen molar-refractivity contribution < 1.29 is 19.1 Å². The molecule has 1 aliphatic carbocycles. The largest absolute Gasteiger partial charge is 0.467 e. The number of hydrogen-bond donors (Lipinski definition) is 1. The fourth-order valence-electron chi connectivity index (χ4n) is 3.92. The fourth-order valence-corrected chi connectivity index (χ4v) is 3.92. The van der Waals surface area contributed by atoms with E-state index in [9.17, 15) is 14.4 Å². The Hall–Kier alpha value is -1.59. The second kappa shape index (κ2) is 5.49. The van der Waals surface area contributed by atoms with E-state index < -0.39 is 17.5 Å². The van der Waals surface area contributed by atoms with Gasteiger partial charge in [-0.2, -0.15) is 0 Å². The van der Waals surface area contributed by atoms with Crippen LogP contribution < -0.4 is 5.32 Å². The average molecular weight is 324 g/mol. The molecular formula is C17H28N2O4. The zero-order valence-electron chi connectivity index (χ0n) is 15.1. The van der Waals surface area contributed by atoms with Gasteiger partial charge in [-0.3, -0.25) is 9.59 Å². The number of rotatable bonds is 3. The van der Waals surface area contributed by atoms with Crippen LogP contribution in [0.25, 0.3) is 0 Å². The van der Waals surface area contributed by atoms with Gasteiger partial charge in [0.25, 0.3) is 0 Å². The highest BCUT2D eigenvalue weighted by Crippen LogP contribution is 2.65. The summed E-state index contributed by atoms with van der Waals surface area (Å²) in [6.45, 7) is 11.9. The molecule has 0 radical (unpaired) electrons. The minimum absolute atomic E-state index is 0.0564. The molecule has 1 saturated carbocycles. The standard InChI is InChI=1S/C17H28N2O4/c1-9(20)18-13(16(2,3)4)14(21)19-8-10-11(17(10,5)6)12(19)15(22)23-7/h10-13H,8H2,1-7H3,(H,18,20)/t10-,11-,12-,13+/m0/s1. The maximum Gasteiger partial charge on any atom is 0.328 e. The molecule has 0 aromatic heterocycles. The van der Waals surface area contributed by atoms with Crippen molar-refractivity contribution in [3.63, 3.8) is 0 Å². The molecule has 2 rings (SSSR count). The number of nitrogens with zero attached hydrogens (tertiary/aromatic N) is 1. The second-order valence-corrected chi connectivity index (χ2v) is 8.41. The van der Waals surface area contributed by atoms with Crippen LogP contribution in [0.5, 0.6) is 0 Å². The Balaban J connectivity index is 2.27. The van der Waals surface area contributed by atoms with Gasteiger partial charge in [-0.15, -0.1) is 0 Å². The topological polar surface area (TPSA) is 75.7 Å². The number of methoxy groups -OCH3 is 1. The first-order valence-corrected chi connectivity index (χ1v) is 8.08. The summed E-state index contributed by atoms with van der Waals surface area (Å²) in [5.74, 6) is -0.374. The third-order valence-corrected chi connectivity index (χ3v) is 5.39. The van der Waals surface area contributed by atoms with Crippen LogP contribution in [0.2, 0.25) is 0 Å². The lowest BCUT2D eigenvalue weighted by Gasteiger charge is -2.37. The molecule has 1 saturated heterocycles. The molecule has 2 fully saturated rings. The summed E-state index contributed by atoms with van der Waals surface area (Å²) in [6.07, 6.45) is 0. The van der Waals surface area contributed by atoms with E-state index >= 15 is 0 Å². The molecule has 0 aromatic rings. The van der Waals surface area contributed by atoms with Gasteiger partial charge in [0.05, 0.1) is 7.11 Å². The Bertz CT molecular complexity index is 535. The summed E-state index contributed by atoms with van der Waals surface area (Å²) >= 11 is 0. The smallest absolute Gasteiger partial charge is 0.328 e. The van der Waals surface area contributed by atoms with E-state index in [4.69, 9.17) is 4.74 Å². The molecular weight excluding hydrogens is 296 g/mol. The highest BCUT2D eigenvalue weighted by atomic mass is 16.5. The summed E-state index contributed by atoms with van der Waals surface area (Å²) in [6, 6.07) is -1.21. The van der Waals surface area contributed by atoms with Crippen LogP contribution in [0.15, 0.2) is 0 Å². The molecule has 4 atom stereocenters. The third kappa shape index (κ3) is 2.95. The lowest BCUT2D eigenvalue weighted by atomic mass is 9.85. The highest BCUT2D eigenvalue weighted by Gasteiger charge is 2.70. The van der Waals surface area contributed by atoms with E-state index in [1.54, 1.807) is 4.90 Å². The Labute approximate surface area is 137 Å². The van der Waals surface area contributed by atoms with Crippen molar-refractivity contribution in [2.24, 2.45) is 22.7 Å².